The molecule has 2 aromatic rings. The maximum absolute atomic E-state index is 5.96. The van der Waals surface area contributed by atoms with Gasteiger partial charge in [-0.25, -0.2) is 4.98 Å². The van der Waals surface area contributed by atoms with E-state index >= 15 is 0 Å². The lowest BCUT2D eigenvalue weighted by Crippen LogP contribution is -2.10. The molecule has 3 rings (SSSR count). The van der Waals surface area contributed by atoms with Crippen LogP contribution in [0.1, 0.15) is 31.4 Å². The highest BCUT2D eigenvalue weighted by molar-refractivity contribution is 5.46. The van der Waals surface area contributed by atoms with Crippen LogP contribution in [0.5, 0.6) is 5.75 Å². The molecule has 0 amide bonds. The van der Waals surface area contributed by atoms with Crippen molar-refractivity contribution in [1.29, 1.82) is 0 Å². The molecular weight excluding hydrogens is 250 g/mol. The van der Waals surface area contributed by atoms with Crippen LogP contribution in [0.2, 0.25) is 0 Å². The number of nitrogens with one attached hydrogen (secondary N) is 1. The molecule has 0 atom stereocenters. The Morgan fingerprint density at radius 3 is 2.65 bits per heavy atom. The van der Waals surface area contributed by atoms with Crippen molar-refractivity contribution in [2.45, 2.75) is 38.3 Å². The third-order valence-corrected chi connectivity index (χ3v) is 3.85. The smallest absolute Gasteiger partial charge is 0.119 e. The van der Waals surface area contributed by atoms with Gasteiger partial charge < -0.3 is 14.6 Å². The number of hydrogen-bond acceptors (Lipinski definition) is 3. The first-order valence-corrected chi connectivity index (χ1v) is 7.27. The zero-order chi connectivity index (χ0) is 13.8. The third-order valence-electron chi connectivity index (χ3n) is 3.85. The van der Waals surface area contributed by atoms with Gasteiger partial charge in [0.05, 0.1) is 24.7 Å². The Hall–Kier alpha value is -1.97. The third kappa shape index (κ3) is 3.13. The summed E-state index contributed by atoms with van der Waals surface area (Å²) in [6, 6.07) is 8.23. The molecule has 0 radical (unpaired) electrons. The molecule has 20 heavy (non-hydrogen) atoms. The number of nitrogens with zero attached hydrogens (tertiary/aromatic N) is 2. The van der Waals surface area contributed by atoms with E-state index in [9.17, 15) is 0 Å². The molecule has 0 bridgehead atoms. The molecule has 1 aliphatic rings. The number of imidazole rings is 1. The first kappa shape index (κ1) is 13.0. The van der Waals surface area contributed by atoms with E-state index in [4.69, 9.17) is 4.74 Å². The van der Waals surface area contributed by atoms with Crippen LogP contribution < -0.4 is 10.1 Å². The molecular formula is C16H21N3O. The fraction of sp³-hybridized carbons (Fsp3) is 0.438. The highest BCUT2D eigenvalue weighted by atomic mass is 16.5. The Kier molecular flexibility index (Phi) is 3.90. The first-order valence-electron chi connectivity index (χ1n) is 7.27. The second-order valence-electron chi connectivity index (χ2n) is 5.40. The summed E-state index contributed by atoms with van der Waals surface area (Å²) in [4.78, 5) is 4.11. The molecule has 1 aliphatic carbocycles. The predicted molar refractivity (Wildman–Crippen MR) is 79.9 cm³/mol. The normalized spacial score (nSPS) is 15.4. The van der Waals surface area contributed by atoms with Crippen LogP contribution in [0.4, 0.5) is 5.69 Å². The molecule has 4 heteroatoms. The van der Waals surface area contributed by atoms with Gasteiger partial charge in [0.25, 0.3) is 0 Å². The van der Waals surface area contributed by atoms with E-state index in [0.29, 0.717) is 6.10 Å². The molecule has 1 fully saturated rings. The average molecular weight is 271 g/mol. The second kappa shape index (κ2) is 5.99. The van der Waals surface area contributed by atoms with E-state index in [2.05, 4.69) is 22.4 Å². The van der Waals surface area contributed by atoms with Gasteiger partial charge in [-0.3, -0.25) is 0 Å². The first-order chi connectivity index (χ1) is 9.81. The summed E-state index contributed by atoms with van der Waals surface area (Å²) >= 11 is 0. The van der Waals surface area contributed by atoms with Crippen molar-refractivity contribution in [2.24, 2.45) is 7.05 Å². The van der Waals surface area contributed by atoms with E-state index in [1.54, 1.807) is 0 Å². The molecule has 1 N–H and O–H groups in total. The summed E-state index contributed by atoms with van der Waals surface area (Å²) < 4.78 is 7.98. The van der Waals surface area contributed by atoms with E-state index in [1.165, 1.54) is 25.7 Å². The van der Waals surface area contributed by atoms with Crippen molar-refractivity contribution < 1.29 is 4.74 Å². The standard InChI is InChI=1S/C16H21N3O/c1-19-12-17-10-14(19)11-18-13-6-8-16(9-7-13)20-15-4-2-3-5-15/h6-10,12,15,18H,2-5,11H2,1H3. The Bertz CT molecular complexity index is 541. The Morgan fingerprint density at radius 1 is 1.25 bits per heavy atom. The molecule has 1 heterocycles. The summed E-state index contributed by atoms with van der Waals surface area (Å²) in [5.41, 5.74) is 2.27. The van der Waals surface area contributed by atoms with E-state index in [0.717, 1.165) is 23.7 Å². The Morgan fingerprint density at radius 2 is 2.00 bits per heavy atom. The number of aromatic nitrogens is 2. The maximum Gasteiger partial charge on any atom is 0.119 e. The minimum absolute atomic E-state index is 0.420. The lowest BCUT2D eigenvalue weighted by molar-refractivity contribution is 0.210. The van der Waals surface area contributed by atoms with E-state index in [1.807, 2.05) is 36.3 Å². The van der Waals surface area contributed by atoms with Gasteiger partial charge >= 0.3 is 0 Å². The van der Waals surface area contributed by atoms with E-state index in [-0.39, 0.29) is 0 Å². The van der Waals surface area contributed by atoms with Crippen LogP contribution in [0, 0.1) is 0 Å². The second-order valence-corrected chi connectivity index (χ2v) is 5.40. The van der Waals surface area contributed by atoms with Crippen LogP contribution >= 0.6 is 0 Å². The quantitative estimate of drug-likeness (QED) is 0.906. The van der Waals surface area contributed by atoms with Gasteiger partial charge in [-0.1, -0.05) is 0 Å². The lowest BCUT2D eigenvalue weighted by atomic mass is 10.2. The fourth-order valence-corrected chi connectivity index (χ4v) is 2.60. The average Bonchev–Trinajstić information content (AvgIpc) is 3.10. The van der Waals surface area contributed by atoms with Gasteiger partial charge in [0.1, 0.15) is 5.75 Å². The van der Waals surface area contributed by atoms with Crippen molar-refractivity contribution in [2.75, 3.05) is 5.32 Å². The zero-order valence-corrected chi connectivity index (χ0v) is 11.9. The van der Waals surface area contributed by atoms with Crippen molar-refractivity contribution in [3.8, 4) is 5.75 Å². The number of benzene rings is 1. The largest absolute Gasteiger partial charge is 0.490 e. The SMILES string of the molecule is Cn1cncc1CNc1ccc(OC2CCCC2)cc1. The number of ether oxygens (including phenoxy) is 1. The number of rotatable bonds is 5. The van der Waals surface area contributed by atoms with Crippen LogP contribution in [-0.4, -0.2) is 15.7 Å². The molecule has 0 unspecified atom stereocenters. The van der Waals surface area contributed by atoms with E-state index < -0.39 is 0 Å². The number of hydrogen-bond donors (Lipinski definition) is 1. The maximum atomic E-state index is 5.96. The van der Waals surface area contributed by atoms with Crippen LogP contribution in [0.25, 0.3) is 0 Å². The molecule has 1 saturated carbocycles. The summed E-state index contributed by atoms with van der Waals surface area (Å²) in [5.74, 6) is 0.975. The number of anilines is 1. The Labute approximate surface area is 119 Å². The van der Waals surface area contributed by atoms with Crippen LogP contribution in [0.3, 0.4) is 0 Å². The highest BCUT2D eigenvalue weighted by Crippen LogP contribution is 2.25. The van der Waals surface area contributed by atoms with Crippen molar-refractivity contribution in [1.82, 2.24) is 9.55 Å². The minimum Gasteiger partial charge on any atom is -0.490 e. The highest BCUT2D eigenvalue weighted by Gasteiger charge is 2.16. The molecule has 0 saturated heterocycles. The van der Waals surface area contributed by atoms with Gasteiger partial charge in [0, 0.05) is 18.9 Å². The number of aryl methyl sites for hydroxylation is 1. The summed E-state index contributed by atoms with van der Waals surface area (Å²) in [5, 5.41) is 3.39. The van der Waals surface area contributed by atoms with Gasteiger partial charge in [0.15, 0.2) is 0 Å². The fourth-order valence-electron chi connectivity index (χ4n) is 2.60. The summed E-state index contributed by atoms with van der Waals surface area (Å²) in [6.07, 6.45) is 9.11. The minimum atomic E-state index is 0.420. The van der Waals surface area contributed by atoms with Crippen LogP contribution in [0.15, 0.2) is 36.8 Å². The van der Waals surface area contributed by atoms with Gasteiger partial charge in [-0.2, -0.15) is 0 Å². The molecule has 106 valence electrons. The summed E-state index contributed by atoms with van der Waals surface area (Å²) in [7, 11) is 2.00. The van der Waals surface area contributed by atoms with Crippen LogP contribution in [-0.2, 0) is 13.6 Å². The molecule has 1 aromatic heterocycles. The van der Waals surface area contributed by atoms with Gasteiger partial charge in [-0.15, -0.1) is 0 Å². The monoisotopic (exact) mass is 271 g/mol. The molecule has 0 aliphatic heterocycles. The van der Waals surface area contributed by atoms with Crippen molar-refractivity contribution in [3.05, 3.63) is 42.5 Å². The molecule has 1 aromatic carbocycles. The zero-order valence-electron chi connectivity index (χ0n) is 11.9. The lowest BCUT2D eigenvalue weighted by Gasteiger charge is -2.13. The molecule has 0 spiro atoms. The topological polar surface area (TPSA) is 39.1 Å². The van der Waals surface area contributed by atoms with Crippen molar-refractivity contribution >= 4 is 5.69 Å². The van der Waals surface area contributed by atoms with Crippen molar-refractivity contribution in [3.63, 3.8) is 0 Å². The summed E-state index contributed by atoms with van der Waals surface area (Å²) in [6.45, 7) is 0.777. The molecule has 4 nitrogen and oxygen atoms in total. The van der Waals surface area contributed by atoms with Gasteiger partial charge in [-0.05, 0) is 49.9 Å². The van der Waals surface area contributed by atoms with Gasteiger partial charge in [0.2, 0.25) is 0 Å². The Balaban J connectivity index is 1.54. The predicted octanol–water partition coefficient (Wildman–Crippen LogP) is 3.35.